The lowest BCUT2D eigenvalue weighted by molar-refractivity contribution is 0.0637. The molecule has 2 unspecified atom stereocenters. The molecule has 1 aromatic heterocycles. The lowest BCUT2D eigenvalue weighted by atomic mass is 9.99. The second kappa shape index (κ2) is 6.18. The average Bonchev–Trinajstić information content (AvgIpc) is 3.04. The Morgan fingerprint density at radius 1 is 1.38 bits per heavy atom. The number of rotatable bonds is 4. The minimum Gasteiger partial charge on any atom is -0.351 e. The molecule has 5 heteroatoms. The molecule has 1 amide bonds. The quantitative estimate of drug-likeness (QED) is 0.926. The van der Waals surface area contributed by atoms with Gasteiger partial charge in [0, 0.05) is 30.6 Å². The van der Waals surface area contributed by atoms with Gasteiger partial charge < -0.3 is 14.7 Å². The predicted octanol–water partition coefficient (Wildman–Crippen LogP) is 2.54. The van der Waals surface area contributed by atoms with E-state index in [1.54, 1.807) is 0 Å². The Hall–Kier alpha value is -1.36. The van der Waals surface area contributed by atoms with E-state index in [1.807, 2.05) is 11.0 Å². The van der Waals surface area contributed by atoms with Crippen LogP contribution in [0, 0.1) is 0 Å². The number of amides is 1. The smallest absolute Gasteiger partial charge is 0.293 e. The maximum atomic E-state index is 12.8. The van der Waals surface area contributed by atoms with Crippen LogP contribution in [0.25, 0.3) is 0 Å². The molecule has 5 nitrogen and oxygen atoms in total. The van der Waals surface area contributed by atoms with Crippen molar-refractivity contribution in [1.29, 1.82) is 0 Å². The number of hydrogen-bond donors (Lipinski definition) is 1. The van der Waals surface area contributed by atoms with Crippen LogP contribution in [0.4, 0.5) is 0 Å². The van der Waals surface area contributed by atoms with Gasteiger partial charge in [-0.2, -0.15) is 0 Å². The summed E-state index contributed by atoms with van der Waals surface area (Å²) >= 11 is 0. The second-order valence-corrected chi connectivity index (χ2v) is 6.22. The molecular weight excluding hydrogens is 266 g/mol. The van der Waals surface area contributed by atoms with Crippen LogP contribution in [0.1, 0.15) is 68.1 Å². The van der Waals surface area contributed by atoms with Crippen molar-refractivity contribution in [3.05, 3.63) is 17.5 Å². The van der Waals surface area contributed by atoms with Gasteiger partial charge in [0.25, 0.3) is 5.91 Å². The van der Waals surface area contributed by atoms with Crippen molar-refractivity contribution in [2.24, 2.45) is 0 Å². The first-order valence-electron chi connectivity index (χ1n) is 8.24. The molecule has 0 aromatic carbocycles. The van der Waals surface area contributed by atoms with E-state index in [0.29, 0.717) is 23.8 Å². The number of nitrogens with one attached hydrogen (secondary N) is 1. The normalized spacial score (nSPS) is 25.4. The molecule has 0 spiro atoms. The molecule has 2 bridgehead atoms. The fourth-order valence-electron chi connectivity index (χ4n) is 3.73. The molecule has 2 saturated heterocycles. The summed E-state index contributed by atoms with van der Waals surface area (Å²) < 4.78 is 5.37. The first-order valence-corrected chi connectivity index (χ1v) is 8.24. The molecule has 1 N–H and O–H groups in total. The first kappa shape index (κ1) is 14.6. The Bertz CT molecular complexity index is 481. The van der Waals surface area contributed by atoms with Crippen molar-refractivity contribution in [3.63, 3.8) is 0 Å². The van der Waals surface area contributed by atoms with Crippen LogP contribution >= 0.6 is 0 Å². The number of carbonyl (C=O) groups excluding carboxylic acids is 1. The highest BCUT2D eigenvalue weighted by Gasteiger charge is 2.39. The largest absolute Gasteiger partial charge is 0.351 e. The topological polar surface area (TPSA) is 58.4 Å². The number of aromatic nitrogens is 1. The summed E-state index contributed by atoms with van der Waals surface area (Å²) in [5, 5.41) is 7.55. The first-order chi connectivity index (χ1) is 10.2. The standard InChI is InChI=1S/C16H25N3O2/c1-3-11(4-2)14-9-15(21-18-14)16(20)19-12-5-6-13(19)10-17-8-7-12/h9,11-13,17H,3-8,10H2,1-2H3. The minimum atomic E-state index is 0.0240. The zero-order valence-corrected chi connectivity index (χ0v) is 13.0. The van der Waals surface area contributed by atoms with Crippen molar-refractivity contribution >= 4 is 5.91 Å². The number of hydrogen-bond acceptors (Lipinski definition) is 4. The summed E-state index contributed by atoms with van der Waals surface area (Å²) in [7, 11) is 0. The van der Waals surface area contributed by atoms with E-state index in [0.717, 1.165) is 50.9 Å². The van der Waals surface area contributed by atoms with Crippen molar-refractivity contribution < 1.29 is 9.32 Å². The van der Waals surface area contributed by atoms with Crippen LogP contribution < -0.4 is 5.32 Å². The zero-order chi connectivity index (χ0) is 14.8. The van der Waals surface area contributed by atoms with E-state index in [9.17, 15) is 4.79 Å². The van der Waals surface area contributed by atoms with Gasteiger partial charge in [-0.1, -0.05) is 19.0 Å². The molecule has 0 saturated carbocycles. The van der Waals surface area contributed by atoms with Gasteiger partial charge in [-0.05, 0) is 38.6 Å². The van der Waals surface area contributed by atoms with Gasteiger partial charge in [-0.15, -0.1) is 0 Å². The van der Waals surface area contributed by atoms with Gasteiger partial charge in [0.1, 0.15) is 0 Å². The molecular formula is C16H25N3O2. The zero-order valence-electron chi connectivity index (χ0n) is 13.0. The Labute approximate surface area is 126 Å². The van der Waals surface area contributed by atoms with Crippen LogP contribution in [0.5, 0.6) is 0 Å². The summed E-state index contributed by atoms with van der Waals surface area (Å²) in [4.78, 5) is 14.8. The Morgan fingerprint density at radius 2 is 2.14 bits per heavy atom. The van der Waals surface area contributed by atoms with Crippen LogP contribution in [0.3, 0.4) is 0 Å². The minimum absolute atomic E-state index is 0.0240. The highest BCUT2D eigenvalue weighted by molar-refractivity contribution is 5.92. The van der Waals surface area contributed by atoms with Gasteiger partial charge in [0.05, 0.1) is 5.69 Å². The fourth-order valence-corrected chi connectivity index (χ4v) is 3.73. The summed E-state index contributed by atoms with van der Waals surface area (Å²) in [6.45, 7) is 6.19. The van der Waals surface area contributed by atoms with E-state index in [-0.39, 0.29) is 5.91 Å². The molecule has 3 heterocycles. The summed E-state index contributed by atoms with van der Waals surface area (Å²) in [5.41, 5.74) is 0.920. The van der Waals surface area contributed by atoms with Crippen LogP contribution in [-0.4, -0.2) is 41.1 Å². The highest BCUT2D eigenvalue weighted by Crippen LogP contribution is 2.30. The molecule has 2 fully saturated rings. The lowest BCUT2D eigenvalue weighted by Crippen LogP contribution is -2.42. The Kier molecular flexibility index (Phi) is 4.29. The third-order valence-corrected chi connectivity index (χ3v) is 5.03. The Morgan fingerprint density at radius 3 is 2.90 bits per heavy atom. The van der Waals surface area contributed by atoms with E-state index in [1.165, 1.54) is 0 Å². The molecule has 116 valence electrons. The van der Waals surface area contributed by atoms with Crippen LogP contribution in [0.15, 0.2) is 10.6 Å². The molecule has 2 aliphatic heterocycles. The summed E-state index contributed by atoms with van der Waals surface area (Å²) in [6, 6.07) is 2.53. The van der Waals surface area contributed by atoms with Crippen molar-refractivity contribution in [2.75, 3.05) is 13.1 Å². The highest BCUT2D eigenvalue weighted by atomic mass is 16.5. The number of fused-ring (bicyclic) bond motifs is 2. The molecule has 2 atom stereocenters. The molecule has 1 aromatic rings. The van der Waals surface area contributed by atoms with E-state index in [2.05, 4.69) is 24.3 Å². The van der Waals surface area contributed by atoms with Gasteiger partial charge >= 0.3 is 0 Å². The Balaban J connectivity index is 1.79. The predicted molar refractivity (Wildman–Crippen MR) is 80.3 cm³/mol. The van der Waals surface area contributed by atoms with Gasteiger partial charge in [-0.3, -0.25) is 4.79 Å². The van der Waals surface area contributed by atoms with Gasteiger partial charge in [-0.25, -0.2) is 0 Å². The van der Waals surface area contributed by atoms with E-state index < -0.39 is 0 Å². The second-order valence-electron chi connectivity index (χ2n) is 6.22. The summed E-state index contributed by atoms with van der Waals surface area (Å²) in [6.07, 6.45) is 5.30. The van der Waals surface area contributed by atoms with Gasteiger partial charge in [0.2, 0.25) is 5.76 Å². The maximum Gasteiger partial charge on any atom is 0.293 e. The lowest BCUT2D eigenvalue weighted by Gasteiger charge is -2.26. The van der Waals surface area contributed by atoms with Crippen molar-refractivity contribution in [1.82, 2.24) is 15.4 Å². The van der Waals surface area contributed by atoms with Gasteiger partial charge in [0.15, 0.2) is 0 Å². The molecule has 3 rings (SSSR count). The van der Waals surface area contributed by atoms with Crippen molar-refractivity contribution in [3.8, 4) is 0 Å². The average molecular weight is 291 g/mol. The third-order valence-electron chi connectivity index (χ3n) is 5.03. The van der Waals surface area contributed by atoms with E-state index in [4.69, 9.17) is 4.52 Å². The fraction of sp³-hybridized carbons (Fsp3) is 0.750. The SMILES string of the molecule is CCC(CC)c1cc(C(=O)N2C3CCNCC2CC3)on1. The van der Waals surface area contributed by atoms with E-state index >= 15 is 0 Å². The molecule has 0 aliphatic carbocycles. The van der Waals surface area contributed by atoms with Crippen LogP contribution in [0.2, 0.25) is 0 Å². The molecule has 0 radical (unpaired) electrons. The monoisotopic (exact) mass is 291 g/mol. The van der Waals surface area contributed by atoms with Crippen molar-refractivity contribution in [2.45, 2.75) is 64.0 Å². The van der Waals surface area contributed by atoms with Crippen LogP contribution in [-0.2, 0) is 0 Å². The number of nitrogens with zero attached hydrogens (tertiary/aromatic N) is 2. The third kappa shape index (κ3) is 2.71. The maximum absolute atomic E-state index is 12.8. The molecule has 21 heavy (non-hydrogen) atoms. The number of carbonyl (C=O) groups is 1. The molecule has 2 aliphatic rings. The summed E-state index contributed by atoms with van der Waals surface area (Å²) in [5.74, 6) is 0.824.